The Balaban J connectivity index is 1.44. The molecule has 0 unspecified atom stereocenters. The first-order chi connectivity index (χ1) is 13.8. The zero-order chi connectivity index (χ0) is 20.8. The van der Waals surface area contributed by atoms with Gasteiger partial charge in [0.2, 0.25) is 15.9 Å². The molecule has 0 spiro atoms. The van der Waals surface area contributed by atoms with E-state index in [0.29, 0.717) is 25.5 Å². The molecule has 1 aromatic heterocycles. The lowest BCUT2D eigenvalue weighted by molar-refractivity contribution is -0.139. The number of sulfonamides is 1. The highest BCUT2D eigenvalue weighted by Crippen LogP contribution is 2.35. The number of benzene rings is 1. The summed E-state index contributed by atoms with van der Waals surface area (Å²) in [6, 6.07) is 4.48. The maximum atomic E-state index is 14.0. The number of carbonyl (C=O) groups excluding carboxylic acids is 1. The van der Waals surface area contributed by atoms with Crippen molar-refractivity contribution in [3.8, 4) is 0 Å². The van der Waals surface area contributed by atoms with Crippen molar-refractivity contribution in [1.82, 2.24) is 9.21 Å². The van der Waals surface area contributed by atoms with Crippen LogP contribution in [0.25, 0.3) is 0 Å². The Hall–Kier alpha value is -1.84. The maximum Gasteiger partial charge on any atom is 0.246 e. The molecule has 3 heterocycles. The molecule has 2 aliphatic rings. The fourth-order valence-electron chi connectivity index (χ4n) is 4.20. The molecule has 9 heteroatoms. The average molecular weight is 441 g/mol. The molecule has 1 amide bonds. The van der Waals surface area contributed by atoms with E-state index in [1.54, 1.807) is 11.3 Å². The fraction of sp³-hybridized carbons (Fsp3) is 0.450. The highest BCUT2D eigenvalue weighted by molar-refractivity contribution is 7.89. The van der Waals surface area contributed by atoms with Crippen LogP contribution < -0.4 is 0 Å². The number of nitrogens with zero attached hydrogens (tertiary/aromatic N) is 2. The van der Waals surface area contributed by atoms with Crippen LogP contribution in [0.4, 0.5) is 8.78 Å². The molecule has 29 heavy (non-hydrogen) atoms. The molecule has 1 saturated heterocycles. The van der Waals surface area contributed by atoms with Gasteiger partial charge in [0.1, 0.15) is 16.5 Å². The summed E-state index contributed by atoms with van der Waals surface area (Å²) in [5, 5.41) is 2.05. The minimum atomic E-state index is -4.14. The number of thiophene rings is 1. The summed E-state index contributed by atoms with van der Waals surface area (Å²) in [7, 11) is -4.14. The number of rotatable bonds is 3. The van der Waals surface area contributed by atoms with E-state index in [0.717, 1.165) is 22.9 Å². The van der Waals surface area contributed by atoms with Gasteiger partial charge in [-0.05, 0) is 61.4 Å². The number of carbonyl (C=O) groups is 1. The molecule has 0 aliphatic carbocycles. The van der Waals surface area contributed by atoms with E-state index < -0.39 is 26.6 Å². The monoisotopic (exact) mass is 440 g/mol. The lowest BCUT2D eigenvalue weighted by Gasteiger charge is -2.38. The number of hydrogen-bond donors (Lipinski definition) is 0. The lowest BCUT2D eigenvalue weighted by atomic mass is 9.93. The quantitative estimate of drug-likeness (QED) is 0.733. The number of fused-ring (bicyclic) bond motifs is 1. The highest BCUT2D eigenvalue weighted by atomic mass is 32.2. The van der Waals surface area contributed by atoms with Gasteiger partial charge in [-0.25, -0.2) is 17.2 Å². The Morgan fingerprint density at radius 1 is 1.14 bits per heavy atom. The second-order valence-electron chi connectivity index (χ2n) is 7.51. The third kappa shape index (κ3) is 3.71. The molecule has 1 aromatic carbocycles. The standard InChI is InChI=1S/C20H22F2N2O3S2/c1-13-16-7-11-28-18(16)6-10-24(13)20(25)14-4-8-23(9-5-14)29(26,27)19-12-15(21)2-3-17(19)22/h2-3,7,11-14H,4-6,8-10H2,1H3/t13-/m1/s1. The molecule has 0 radical (unpaired) electrons. The van der Waals surface area contributed by atoms with Crippen molar-refractivity contribution in [3.05, 3.63) is 51.7 Å². The topological polar surface area (TPSA) is 57.7 Å². The summed E-state index contributed by atoms with van der Waals surface area (Å²) in [5.74, 6) is -2.00. The molecule has 0 bridgehead atoms. The van der Waals surface area contributed by atoms with Crippen LogP contribution in [0.3, 0.4) is 0 Å². The highest BCUT2D eigenvalue weighted by Gasteiger charge is 2.37. The molecule has 0 saturated carbocycles. The normalized spacial score (nSPS) is 21.2. The second-order valence-corrected chi connectivity index (χ2v) is 10.4. The van der Waals surface area contributed by atoms with Crippen LogP contribution in [0.1, 0.15) is 36.2 Å². The van der Waals surface area contributed by atoms with Crippen molar-refractivity contribution in [1.29, 1.82) is 0 Å². The summed E-state index contributed by atoms with van der Waals surface area (Å²) in [6.45, 7) is 2.91. The summed E-state index contributed by atoms with van der Waals surface area (Å²) in [6.07, 6.45) is 1.58. The van der Waals surface area contributed by atoms with Crippen molar-refractivity contribution >= 4 is 27.3 Å². The van der Waals surface area contributed by atoms with Gasteiger partial charge in [0, 0.05) is 30.4 Å². The zero-order valence-corrected chi connectivity index (χ0v) is 17.6. The predicted molar refractivity (Wildman–Crippen MR) is 106 cm³/mol. The van der Waals surface area contributed by atoms with Crippen molar-refractivity contribution < 1.29 is 22.0 Å². The first-order valence-electron chi connectivity index (χ1n) is 9.61. The van der Waals surface area contributed by atoms with Gasteiger partial charge in [-0.3, -0.25) is 4.79 Å². The number of piperidine rings is 1. The van der Waals surface area contributed by atoms with Crippen LogP contribution in [-0.4, -0.2) is 43.2 Å². The second kappa shape index (κ2) is 7.77. The Morgan fingerprint density at radius 2 is 1.86 bits per heavy atom. The summed E-state index contributed by atoms with van der Waals surface area (Å²) >= 11 is 1.71. The van der Waals surface area contributed by atoms with E-state index in [9.17, 15) is 22.0 Å². The number of halogens is 2. The van der Waals surface area contributed by atoms with Crippen LogP contribution in [0, 0.1) is 17.6 Å². The van der Waals surface area contributed by atoms with Gasteiger partial charge in [0.15, 0.2) is 0 Å². The van der Waals surface area contributed by atoms with E-state index in [-0.39, 0.29) is 31.0 Å². The van der Waals surface area contributed by atoms with Gasteiger partial charge >= 0.3 is 0 Å². The van der Waals surface area contributed by atoms with E-state index in [1.807, 2.05) is 17.2 Å². The molecule has 1 fully saturated rings. The van der Waals surface area contributed by atoms with Crippen molar-refractivity contribution in [3.63, 3.8) is 0 Å². The maximum absolute atomic E-state index is 14.0. The predicted octanol–water partition coefficient (Wildman–Crippen LogP) is 3.57. The molecule has 2 aliphatic heterocycles. The SMILES string of the molecule is C[C@@H]1c2ccsc2CCN1C(=O)C1CCN(S(=O)(=O)c2cc(F)ccc2F)CC1. The lowest BCUT2D eigenvalue weighted by Crippen LogP contribution is -2.46. The minimum absolute atomic E-state index is 0.0145. The van der Waals surface area contributed by atoms with E-state index in [2.05, 4.69) is 6.07 Å². The summed E-state index contributed by atoms with van der Waals surface area (Å²) < 4.78 is 54.0. The van der Waals surface area contributed by atoms with Crippen molar-refractivity contribution in [2.75, 3.05) is 19.6 Å². The molecule has 0 N–H and O–H groups in total. The Kier molecular flexibility index (Phi) is 5.48. The molecular formula is C20H22F2N2O3S2. The molecule has 2 aromatic rings. The summed E-state index contributed by atoms with van der Waals surface area (Å²) in [5.41, 5.74) is 1.19. The van der Waals surface area contributed by atoms with Gasteiger partial charge in [-0.2, -0.15) is 4.31 Å². The van der Waals surface area contributed by atoms with Crippen LogP contribution >= 0.6 is 11.3 Å². The van der Waals surface area contributed by atoms with Crippen LogP contribution in [-0.2, 0) is 21.2 Å². The minimum Gasteiger partial charge on any atom is -0.335 e. The average Bonchev–Trinajstić information content (AvgIpc) is 3.19. The zero-order valence-electron chi connectivity index (χ0n) is 16.0. The van der Waals surface area contributed by atoms with Gasteiger partial charge < -0.3 is 4.90 Å². The smallest absolute Gasteiger partial charge is 0.246 e. The third-order valence-corrected chi connectivity index (χ3v) is 8.78. The van der Waals surface area contributed by atoms with Gasteiger partial charge in [0.05, 0.1) is 6.04 Å². The Morgan fingerprint density at radius 3 is 2.59 bits per heavy atom. The molecule has 5 nitrogen and oxygen atoms in total. The van der Waals surface area contributed by atoms with E-state index in [4.69, 9.17) is 0 Å². The molecular weight excluding hydrogens is 418 g/mol. The summed E-state index contributed by atoms with van der Waals surface area (Å²) in [4.78, 5) is 15.6. The fourth-order valence-corrected chi connectivity index (χ4v) is 6.71. The Labute approximate surface area is 173 Å². The molecule has 156 valence electrons. The van der Waals surface area contributed by atoms with Gasteiger partial charge in [-0.1, -0.05) is 0 Å². The van der Waals surface area contributed by atoms with Crippen LogP contribution in [0.15, 0.2) is 34.5 Å². The van der Waals surface area contributed by atoms with Gasteiger partial charge in [0.25, 0.3) is 0 Å². The van der Waals surface area contributed by atoms with Crippen molar-refractivity contribution in [2.24, 2.45) is 5.92 Å². The van der Waals surface area contributed by atoms with Crippen LogP contribution in [0.5, 0.6) is 0 Å². The third-order valence-electron chi connectivity index (χ3n) is 5.87. The van der Waals surface area contributed by atoms with Crippen LogP contribution in [0.2, 0.25) is 0 Å². The first kappa shape index (κ1) is 20.4. The largest absolute Gasteiger partial charge is 0.335 e. The van der Waals surface area contributed by atoms with E-state index >= 15 is 0 Å². The molecule has 4 rings (SSSR count). The number of amides is 1. The number of hydrogen-bond acceptors (Lipinski definition) is 4. The van der Waals surface area contributed by atoms with Crippen molar-refractivity contribution in [2.45, 2.75) is 37.1 Å². The first-order valence-corrected chi connectivity index (χ1v) is 11.9. The van der Waals surface area contributed by atoms with E-state index in [1.165, 1.54) is 10.4 Å². The molecule has 1 atom stereocenters. The van der Waals surface area contributed by atoms with Gasteiger partial charge in [-0.15, -0.1) is 11.3 Å². The Bertz CT molecular complexity index is 1030.